The highest BCUT2D eigenvalue weighted by atomic mass is 16.1. The van der Waals surface area contributed by atoms with Crippen molar-refractivity contribution in [2.75, 3.05) is 0 Å². The first-order chi connectivity index (χ1) is 9.19. The quantitative estimate of drug-likeness (QED) is 0.875. The molecule has 2 rings (SSSR count). The Labute approximate surface area is 112 Å². The van der Waals surface area contributed by atoms with E-state index >= 15 is 0 Å². The van der Waals surface area contributed by atoms with Crippen molar-refractivity contribution >= 4 is 5.91 Å². The van der Waals surface area contributed by atoms with Gasteiger partial charge in [0, 0.05) is 19.3 Å². The fourth-order valence-corrected chi connectivity index (χ4v) is 1.70. The Morgan fingerprint density at radius 3 is 2.63 bits per heavy atom. The van der Waals surface area contributed by atoms with Gasteiger partial charge in [0.05, 0.1) is 0 Å². The van der Waals surface area contributed by atoms with Crippen LogP contribution in [0.3, 0.4) is 0 Å². The summed E-state index contributed by atoms with van der Waals surface area (Å²) >= 11 is 0. The number of amides is 1. The molecule has 1 heterocycles. The van der Waals surface area contributed by atoms with Gasteiger partial charge >= 0.3 is 0 Å². The molecule has 3 N–H and O–H groups in total. The van der Waals surface area contributed by atoms with Crippen LogP contribution in [0.2, 0.25) is 0 Å². The minimum Gasteiger partial charge on any atom is -0.347 e. The zero-order chi connectivity index (χ0) is 13.7. The summed E-state index contributed by atoms with van der Waals surface area (Å²) in [5.41, 5.74) is 9.10. The van der Waals surface area contributed by atoms with E-state index in [1.165, 1.54) is 5.56 Å². The number of aryl methyl sites for hydroxylation is 1. The Morgan fingerprint density at radius 1 is 1.21 bits per heavy atom. The number of hydrogen-bond acceptors (Lipinski definition) is 3. The molecule has 19 heavy (non-hydrogen) atoms. The maximum atomic E-state index is 11.9. The molecule has 98 valence electrons. The molecule has 0 aliphatic rings. The fraction of sp³-hybridized carbons (Fsp3) is 0.200. The lowest BCUT2D eigenvalue weighted by Gasteiger charge is -2.06. The van der Waals surface area contributed by atoms with Crippen LogP contribution in [0, 0.1) is 6.92 Å². The Bertz CT molecular complexity index is 564. The van der Waals surface area contributed by atoms with Gasteiger partial charge < -0.3 is 11.1 Å². The van der Waals surface area contributed by atoms with Crippen LogP contribution < -0.4 is 11.1 Å². The van der Waals surface area contributed by atoms with Crippen LogP contribution in [0.25, 0.3) is 0 Å². The zero-order valence-electron chi connectivity index (χ0n) is 10.9. The van der Waals surface area contributed by atoms with Gasteiger partial charge in [-0.05, 0) is 30.2 Å². The second kappa shape index (κ2) is 6.11. The Hall–Kier alpha value is -2.20. The van der Waals surface area contributed by atoms with Gasteiger partial charge in [0.2, 0.25) is 0 Å². The molecule has 0 atom stereocenters. The molecule has 2 aromatic rings. The van der Waals surface area contributed by atoms with Crippen LogP contribution in [0.5, 0.6) is 0 Å². The van der Waals surface area contributed by atoms with Crippen LogP contribution in [0.1, 0.15) is 27.2 Å². The molecule has 0 saturated carbocycles. The van der Waals surface area contributed by atoms with Gasteiger partial charge in [0.15, 0.2) is 0 Å². The van der Waals surface area contributed by atoms with E-state index in [-0.39, 0.29) is 5.91 Å². The van der Waals surface area contributed by atoms with Crippen LogP contribution in [0.4, 0.5) is 0 Å². The SMILES string of the molecule is Cc1ccc(CNC(=O)c2cc(CN)ccn2)cc1. The molecule has 0 unspecified atom stereocenters. The molecule has 0 spiro atoms. The van der Waals surface area contributed by atoms with Crippen molar-refractivity contribution in [1.82, 2.24) is 10.3 Å². The third kappa shape index (κ3) is 3.63. The monoisotopic (exact) mass is 255 g/mol. The number of hydrogen-bond donors (Lipinski definition) is 2. The summed E-state index contributed by atoms with van der Waals surface area (Å²) in [6, 6.07) is 11.6. The highest BCUT2D eigenvalue weighted by molar-refractivity contribution is 5.92. The number of carbonyl (C=O) groups excluding carboxylic acids is 1. The third-order valence-electron chi connectivity index (χ3n) is 2.87. The van der Waals surface area contributed by atoms with Gasteiger partial charge in [-0.2, -0.15) is 0 Å². The lowest BCUT2D eigenvalue weighted by atomic mass is 10.1. The number of aromatic nitrogens is 1. The van der Waals surface area contributed by atoms with Gasteiger partial charge in [0.1, 0.15) is 5.69 Å². The van der Waals surface area contributed by atoms with E-state index in [2.05, 4.69) is 10.3 Å². The van der Waals surface area contributed by atoms with Crippen LogP contribution in [-0.2, 0) is 13.1 Å². The van der Waals surface area contributed by atoms with E-state index in [9.17, 15) is 4.79 Å². The number of nitrogens with one attached hydrogen (secondary N) is 1. The van der Waals surface area contributed by atoms with Crippen molar-refractivity contribution in [3.8, 4) is 0 Å². The van der Waals surface area contributed by atoms with Crippen LogP contribution in [0.15, 0.2) is 42.6 Å². The zero-order valence-corrected chi connectivity index (χ0v) is 10.9. The van der Waals surface area contributed by atoms with E-state index in [1.54, 1.807) is 18.3 Å². The third-order valence-corrected chi connectivity index (χ3v) is 2.87. The largest absolute Gasteiger partial charge is 0.347 e. The molecule has 0 fully saturated rings. The maximum absolute atomic E-state index is 11.9. The Kier molecular flexibility index (Phi) is 4.26. The highest BCUT2D eigenvalue weighted by Crippen LogP contribution is 2.04. The van der Waals surface area contributed by atoms with E-state index in [1.807, 2.05) is 31.2 Å². The molecule has 1 aromatic carbocycles. The molecule has 0 radical (unpaired) electrons. The molecule has 0 aliphatic carbocycles. The van der Waals surface area contributed by atoms with Crippen LogP contribution in [-0.4, -0.2) is 10.9 Å². The summed E-state index contributed by atoms with van der Waals surface area (Å²) < 4.78 is 0. The number of benzene rings is 1. The van der Waals surface area contributed by atoms with Crippen molar-refractivity contribution in [1.29, 1.82) is 0 Å². The first-order valence-electron chi connectivity index (χ1n) is 6.18. The number of nitrogens with two attached hydrogens (primary N) is 1. The lowest BCUT2D eigenvalue weighted by molar-refractivity contribution is 0.0946. The van der Waals surface area contributed by atoms with Crippen LogP contribution >= 0.6 is 0 Å². The van der Waals surface area contributed by atoms with E-state index in [4.69, 9.17) is 5.73 Å². The molecular formula is C15H17N3O. The number of rotatable bonds is 4. The van der Waals surface area contributed by atoms with E-state index in [0.717, 1.165) is 11.1 Å². The Morgan fingerprint density at radius 2 is 1.95 bits per heavy atom. The summed E-state index contributed by atoms with van der Waals surface area (Å²) in [6.07, 6.45) is 1.60. The van der Waals surface area contributed by atoms with Crippen molar-refractivity contribution in [3.63, 3.8) is 0 Å². The standard InChI is InChI=1S/C15H17N3O/c1-11-2-4-12(5-3-11)10-18-15(19)14-8-13(9-16)6-7-17-14/h2-8H,9-10,16H2,1H3,(H,18,19). The minimum atomic E-state index is -0.184. The number of carbonyl (C=O) groups is 1. The fourth-order valence-electron chi connectivity index (χ4n) is 1.70. The molecule has 0 saturated heterocycles. The first-order valence-corrected chi connectivity index (χ1v) is 6.18. The normalized spacial score (nSPS) is 10.2. The molecule has 0 aliphatic heterocycles. The van der Waals surface area contributed by atoms with Gasteiger partial charge in [-0.3, -0.25) is 9.78 Å². The summed E-state index contributed by atoms with van der Waals surface area (Å²) in [5.74, 6) is -0.184. The first kappa shape index (κ1) is 13.2. The maximum Gasteiger partial charge on any atom is 0.270 e. The summed E-state index contributed by atoms with van der Waals surface area (Å²) in [6.45, 7) is 2.93. The highest BCUT2D eigenvalue weighted by Gasteiger charge is 2.07. The van der Waals surface area contributed by atoms with Gasteiger partial charge in [-0.1, -0.05) is 29.8 Å². The van der Waals surface area contributed by atoms with Gasteiger partial charge in [-0.25, -0.2) is 0 Å². The average molecular weight is 255 g/mol. The van der Waals surface area contributed by atoms with Gasteiger partial charge in [0.25, 0.3) is 5.91 Å². The van der Waals surface area contributed by atoms with E-state index in [0.29, 0.717) is 18.8 Å². The number of nitrogens with zero attached hydrogens (tertiary/aromatic N) is 1. The molecule has 4 heteroatoms. The smallest absolute Gasteiger partial charge is 0.270 e. The molecular weight excluding hydrogens is 238 g/mol. The van der Waals surface area contributed by atoms with Gasteiger partial charge in [-0.15, -0.1) is 0 Å². The average Bonchev–Trinajstić information content (AvgIpc) is 2.46. The predicted octanol–water partition coefficient (Wildman–Crippen LogP) is 1.78. The van der Waals surface area contributed by atoms with E-state index < -0.39 is 0 Å². The number of pyridine rings is 1. The van der Waals surface area contributed by atoms with Crippen molar-refractivity contribution < 1.29 is 4.79 Å². The summed E-state index contributed by atoms with van der Waals surface area (Å²) in [7, 11) is 0. The summed E-state index contributed by atoms with van der Waals surface area (Å²) in [4.78, 5) is 16.0. The Balaban J connectivity index is 1.99. The van der Waals surface area contributed by atoms with Crippen molar-refractivity contribution in [3.05, 3.63) is 65.0 Å². The summed E-state index contributed by atoms with van der Waals surface area (Å²) in [5, 5.41) is 2.84. The molecule has 0 bridgehead atoms. The topological polar surface area (TPSA) is 68.0 Å². The minimum absolute atomic E-state index is 0.184. The molecule has 1 aromatic heterocycles. The van der Waals surface area contributed by atoms with Crippen molar-refractivity contribution in [2.45, 2.75) is 20.0 Å². The predicted molar refractivity (Wildman–Crippen MR) is 74.5 cm³/mol. The second-order valence-electron chi connectivity index (χ2n) is 4.42. The van der Waals surface area contributed by atoms with Crippen molar-refractivity contribution in [2.24, 2.45) is 5.73 Å². The molecule has 4 nitrogen and oxygen atoms in total. The molecule has 1 amide bonds. The lowest BCUT2D eigenvalue weighted by Crippen LogP contribution is -2.24. The second-order valence-corrected chi connectivity index (χ2v) is 4.42.